The molecule has 1 atom stereocenters. The molecule has 3 aliphatic rings. The first-order chi connectivity index (χ1) is 12.7. The second-order valence-corrected chi connectivity index (χ2v) is 7.61. The van der Waals surface area contributed by atoms with Crippen molar-refractivity contribution in [2.75, 3.05) is 32.7 Å². The van der Waals surface area contributed by atoms with Gasteiger partial charge in [-0.15, -0.1) is 10.2 Å². The van der Waals surface area contributed by atoms with Crippen molar-refractivity contribution >= 4 is 11.9 Å². The maximum Gasteiger partial charge on any atom is 0.242 e. The average molecular weight is 359 g/mol. The third-order valence-electron chi connectivity index (χ3n) is 5.61. The smallest absolute Gasteiger partial charge is 0.242 e. The van der Waals surface area contributed by atoms with Crippen molar-refractivity contribution in [2.24, 2.45) is 10.9 Å². The molecule has 8 nitrogen and oxygen atoms in total. The number of carbonyl (C=O) groups excluding carboxylic acids is 1. The number of nitrogens with zero attached hydrogens (tertiary/aromatic N) is 6. The Labute approximate surface area is 154 Å². The van der Waals surface area contributed by atoms with Crippen LogP contribution >= 0.6 is 0 Å². The second-order valence-electron chi connectivity index (χ2n) is 7.61. The molecule has 2 fully saturated rings. The van der Waals surface area contributed by atoms with Gasteiger partial charge in [0, 0.05) is 45.2 Å². The van der Waals surface area contributed by atoms with Crippen molar-refractivity contribution in [1.82, 2.24) is 29.9 Å². The number of aromatic nitrogens is 3. The van der Waals surface area contributed by atoms with Gasteiger partial charge in [0.2, 0.25) is 5.91 Å². The molecule has 2 aliphatic heterocycles. The van der Waals surface area contributed by atoms with Crippen molar-refractivity contribution in [3.63, 3.8) is 0 Å². The van der Waals surface area contributed by atoms with Gasteiger partial charge in [-0.3, -0.25) is 9.79 Å². The highest BCUT2D eigenvalue weighted by Gasteiger charge is 2.36. The van der Waals surface area contributed by atoms with Crippen molar-refractivity contribution in [3.05, 3.63) is 11.6 Å². The molecule has 0 radical (unpaired) electrons. The molecular formula is C18H29N7O. The molecule has 1 aromatic rings. The zero-order chi connectivity index (χ0) is 18.1. The van der Waals surface area contributed by atoms with E-state index in [1.165, 1.54) is 12.8 Å². The van der Waals surface area contributed by atoms with Gasteiger partial charge in [-0.25, -0.2) is 0 Å². The molecule has 1 amide bonds. The Kier molecular flexibility index (Phi) is 4.82. The van der Waals surface area contributed by atoms with Gasteiger partial charge in [-0.2, -0.15) is 0 Å². The first-order valence-corrected chi connectivity index (χ1v) is 9.87. The maximum atomic E-state index is 12.4. The molecule has 8 heteroatoms. The molecule has 26 heavy (non-hydrogen) atoms. The molecule has 1 aliphatic carbocycles. The molecule has 0 aromatic carbocycles. The molecule has 0 bridgehead atoms. The van der Waals surface area contributed by atoms with Crippen LogP contribution < -0.4 is 5.32 Å². The van der Waals surface area contributed by atoms with Crippen LogP contribution in [0.2, 0.25) is 0 Å². The lowest BCUT2D eigenvalue weighted by Crippen LogP contribution is -2.55. The Morgan fingerprint density at radius 1 is 1.27 bits per heavy atom. The van der Waals surface area contributed by atoms with Gasteiger partial charge in [0.15, 0.2) is 5.96 Å². The molecule has 1 unspecified atom stereocenters. The van der Waals surface area contributed by atoms with Crippen LogP contribution in [0, 0.1) is 12.8 Å². The normalized spacial score (nSPS) is 24.0. The summed E-state index contributed by atoms with van der Waals surface area (Å²) in [5, 5.41) is 11.8. The predicted octanol–water partition coefficient (Wildman–Crippen LogP) is 0.421. The van der Waals surface area contributed by atoms with E-state index in [1.54, 1.807) is 0 Å². The lowest BCUT2D eigenvalue weighted by atomic mass is 9.99. The lowest BCUT2D eigenvalue weighted by Gasteiger charge is -2.36. The number of nitrogens with one attached hydrogen (secondary N) is 1. The lowest BCUT2D eigenvalue weighted by molar-refractivity contribution is -0.135. The molecule has 0 spiro atoms. The highest BCUT2D eigenvalue weighted by atomic mass is 16.2. The minimum absolute atomic E-state index is 0.242. The molecule has 1 N–H and O–H groups in total. The first-order valence-electron chi connectivity index (χ1n) is 9.87. The number of rotatable bonds is 4. The Bertz CT molecular complexity index is 694. The van der Waals surface area contributed by atoms with Crippen LogP contribution in [-0.4, -0.2) is 75.2 Å². The Morgan fingerprint density at radius 2 is 2.12 bits per heavy atom. The summed E-state index contributed by atoms with van der Waals surface area (Å²) in [6, 6.07) is 0.507. The molecule has 1 saturated carbocycles. The molecule has 1 saturated heterocycles. The van der Waals surface area contributed by atoms with E-state index >= 15 is 0 Å². The minimum Gasteiger partial charge on any atom is -0.357 e. The van der Waals surface area contributed by atoms with Crippen LogP contribution in [0.15, 0.2) is 4.99 Å². The first kappa shape index (κ1) is 17.3. The summed E-state index contributed by atoms with van der Waals surface area (Å²) in [6.07, 6.45) is 4.41. The Hall–Kier alpha value is -2.12. The monoisotopic (exact) mass is 359 g/mol. The van der Waals surface area contributed by atoms with Crippen LogP contribution in [0.25, 0.3) is 0 Å². The fourth-order valence-corrected chi connectivity index (χ4v) is 3.96. The van der Waals surface area contributed by atoms with E-state index in [0.29, 0.717) is 18.5 Å². The van der Waals surface area contributed by atoms with E-state index in [4.69, 9.17) is 4.99 Å². The van der Waals surface area contributed by atoms with E-state index in [2.05, 4.69) is 36.8 Å². The standard InChI is InChI=1S/C18H29N7O/c1-3-19-18(23-8-9-24(15-5-6-15)17(26)12-23)20-10-14-4-7-16-22-21-13(2)25(16)11-14/h14-15H,3-12H2,1-2H3,(H,19,20). The van der Waals surface area contributed by atoms with Crippen LogP contribution in [0.1, 0.15) is 37.8 Å². The summed E-state index contributed by atoms with van der Waals surface area (Å²) in [6.45, 7) is 8.75. The van der Waals surface area contributed by atoms with Gasteiger partial charge >= 0.3 is 0 Å². The highest BCUT2D eigenvalue weighted by molar-refractivity contribution is 5.88. The van der Waals surface area contributed by atoms with Gasteiger partial charge in [0.1, 0.15) is 11.6 Å². The number of fused-ring (bicyclic) bond motifs is 1. The predicted molar refractivity (Wildman–Crippen MR) is 98.9 cm³/mol. The third-order valence-corrected chi connectivity index (χ3v) is 5.61. The number of aliphatic imine (C=N–C) groups is 1. The Morgan fingerprint density at radius 3 is 2.85 bits per heavy atom. The summed E-state index contributed by atoms with van der Waals surface area (Å²) in [5.74, 6) is 3.70. The van der Waals surface area contributed by atoms with Gasteiger partial charge in [-0.1, -0.05) is 0 Å². The summed E-state index contributed by atoms with van der Waals surface area (Å²) >= 11 is 0. The zero-order valence-electron chi connectivity index (χ0n) is 15.8. The molecule has 142 valence electrons. The second kappa shape index (κ2) is 7.25. The van der Waals surface area contributed by atoms with E-state index in [9.17, 15) is 4.79 Å². The SMILES string of the molecule is CCNC(=NCC1CCc2nnc(C)n2C1)N1CCN(C2CC2)C(=O)C1. The van der Waals surface area contributed by atoms with E-state index in [-0.39, 0.29) is 5.91 Å². The van der Waals surface area contributed by atoms with Crippen molar-refractivity contribution < 1.29 is 4.79 Å². The molecular weight excluding hydrogens is 330 g/mol. The molecule has 3 heterocycles. The number of amides is 1. The molecule has 1 aromatic heterocycles. The van der Waals surface area contributed by atoms with Gasteiger partial charge in [-0.05, 0) is 39.0 Å². The van der Waals surface area contributed by atoms with Gasteiger partial charge < -0.3 is 19.7 Å². The van der Waals surface area contributed by atoms with E-state index < -0.39 is 0 Å². The van der Waals surface area contributed by atoms with Crippen molar-refractivity contribution in [2.45, 2.75) is 52.1 Å². The summed E-state index contributed by atoms with van der Waals surface area (Å²) in [5.41, 5.74) is 0. The summed E-state index contributed by atoms with van der Waals surface area (Å²) in [4.78, 5) is 21.5. The van der Waals surface area contributed by atoms with Crippen molar-refractivity contribution in [3.8, 4) is 0 Å². The fraction of sp³-hybridized carbons (Fsp3) is 0.778. The summed E-state index contributed by atoms with van der Waals surface area (Å²) < 4.78 is 2.22. The quantitative estimate of drug-likeness (QED) is 0.623. The Balaban J connectivity index is 1.38. The maximum absolute atomic E-state index is 12.4. The minimum atomic E-state index is 0.242. The number of piperazine rings is 1. The third kappa shape index (κ3) is 3.54. The number of guanidine groups is 1. The summed E-state index contributed by atoms with van der Waals surface area (Å²) in [7, 11) is 0. The van der Waals surface area contributed by atoms with Crippen LogP contribution in [-0.2, 0) is 17.8 Å². The van der Waals surface area contributed by atoms with Crippen molar-refractivity contribution in [1.29, 1.82) is 0 Å². The number of hydrogen-bond acceptors (Lipinski definition) is 4. The topological polar surface area (TPSA) is 78.7 Å². The zero-order valence-corrected chi connectivity index (χ0v) is 15.8. The van der Waals surface area contributed by atoms with E-state index in [0.717, 1.165) is 63.2 Å². The van der Waals surface area contributed by atoms with Gasteiger partial charge in [0.25, 0.3) is 0 Å². The fourth-order valence-electron chi connectivity index (χ4n) is 3.96. The van der Waals surface area contributed by atoms with E-state index in [1.807, 2.05) is 6.92 Å². The van der Waals surface area contributed by atoms with Crippen LogP contribution in [0.3, 0.4) is 0 Å². The number of hydrogen-bond donors (Lipinski definition) is 1. The average Bonchev–Trinajstić information content (AvgIpc) is 3.42. The van der Waals surface area contributed by atoms with Crippen LogP contribution in [0.4, 0.5) is 0 Å². The van der Waals surface area contributed by atoms with Gasteiger partial charge in [0.05, 0.1) is 6.54 Å². The largest absolute Gasteiger partial charge is 0.357 e. The molecule has 4 rings (SSSR count). The van der Waals surface area contributed by atoms with Crippen LogP contribution in [0.5, 0.6) is 0 Å². The highest BCUT2D eigenvalue weighted by Crippen LogP contribution is 2.28. The number of aryl methyl sites for hydroxylation is 2. The number of carbonyl (C=O) groups is 1.